The first kappa shape index (κ1) is 49.4. The molecular formula is C46H80N4O13. The maximum atomic E-state index is 13.3. The summed E-state index contributed by atoms with van der Waals surface area (Å²) in [5, 5.41) is 77.2. The number of carbonyl (C=O) groups excluding carboxylic acids is 1. The molecule has 362 valence electrons. The molecule has 7 aliphatic rings. The van der Waals surface area contributed by atoms with E-state index < -0.39 is 104 Å². The lowest BCUT2D eigenvalue weighted by molar-refractivity contribution is -0.332. The summed E-state index contributed by atoms with van der Waals surface area (Å²) in [6.07, 6.45) is -3.58. The lowest BCUT2D eigenvalue weighted by Gasteiger charge is -2.58. The van der Waals surface area contributed by atoms with Crippen molar-refractivity contribution in [1.29, 1.82) is 0 Å². The number of alkyl carbamates (subject to hydrolysis) is 1. The summed E-state index contributed by atoms with van der Waals surface area (Å²) >= 11 is 0. The molecule has 17 heteroatoms. The number of rotatable bonds is 13. The van der Waals surface area contributed by atoms with Crippen LogP contribution in [-0.4, -0.2) is 153 Å². The zero-order valence-electron chi connectivity index (χ0n) is 38.0. The SMILES string of the molecule is CC(C)CCCC(C)C1CCC2C3CC=C4CC(OC(=O)NCC5OC(OC6C(N)CC(N)C(OC7OC(CO)C(O)C(N)C7O)C6O)C(O)C(O)C5O)CCC4(C)C3CCC12C. The Hall–Kier alpha value is -1.55. The van der Waals surface area contributed by atoms with Gasteiger partial charge in [0.25, 0.3) is 0 Å². The van der Waals surface area contributed by atoms with Crippen LogP contribution in [0.25, 0.3) is 0 Å². The molecule has 5 aliphatic carbocycles. The molecule has 0 spiro atoms. The first-order chi connectivity index (χ1) is 29.8. The normalized spacial score (nSPS) is 49.3. The molecule has 0 aromatic heterocycles. The summed E-state index contributed by atoms with van der Waals surface area (Å²) in [5.41, 5.74) is 20.4. The van der Waals surface area contributed by atoms with E-state index in [1.807, 2.05) is 0 Å². The summed E-state index contributed by atoms with van der Waals surface area (Å²) in [6, 6.07) is -3.04. The van der Waals surface area contributed by atoms with E-state index in [1.165, 1.54) is 50.5 Å². The monoisotopic (exact) mass is 897 g/mol. The summed E-state index contributed by atoms with van der Waals surface area (Å²) in [4.78, 5) is 13.3. The Morgan fingerprint density at radius 1 is 0.810 bits per heavy atom. The minimum Gasteiger partial charge on any atom is -0.446 e. The number of aliphatic hydroxyl groups is 7. The van der Waals surface area contributed by atoms with Crippen LogP contribution in [0.2, 0.25) is 0 Å². The molecule has 17 nitrogen and oxygen atoms in total. The fourth-order valence-electron chi connectivity index (χ4n) is 13.5. The molecule has 0 aromatic rings. The van der Waals surface area contributed by atoms with Crippen molar-refractivity contribution in [2.75, 3.05) is 13.2 Å². The molecule has 2 heterocycles. The molecule has 0 bridgehead atoms. The maximum absolute atomic E-state index is 13.3. The Labute approximate surface area is 372 Å². The number of hydrogen-bond acceptors (Lipinski definition) is 16. The van der Waals surface area contributed by atoms with Crippen molar-refractivity contribution >= 4 is 6.09 Å². The summed E-state index contributed by atoms with van der Waals surface area (Å²) in [6.45, 7) is 11.3. The second-order valence-corrected chi connectivity index (χ2v) is 21.5. The number of fused-ring (bicyclic) bond motifs is 5. The van der Waals surface area contributed by atoms with Crippen molar-refractivity contribution in [3.05, 3.63) is 11.6 Å². The molecule has 7 rings (SSSR count). The maximum Gasteiger partial charge on any atom is 0.407 e. The Balaban J connectivity index is 0.917. The third kappa shape index (κ3) is 9.76. The zero-order chi connectivity index (χ0) is 45.7. The van der Waals surface area contributed by atoms with Gasteiger partial charge in [-0.3, -0.25) is 0 Å². The van der Waals surface area contributed by atoms with E-state index in [4.69, 9.17) is 40.9 Å². The quantitative estimate of drug-likeness (QED) is 0.114. The van der Waals surface area contributed by atoms with E-state index in [1.54, 1.807) is 0 Å². The van der Waals surface area contributed by atoms with Gasteiger partial charge in [0.1, 0.15) is 67.1 Å². The number of hydrogen-bond donors (Lipinski definition) is 11. The second kappa shape index (κ2) is 20.0. The van der Waals surface area contributed by atoms with Crippen molar-refractivity contribution in [3.8, 4) is 0 Å². The third-order valence-corrected chi connectivity index (χ3v) is 17.2. The van der Waals surface area contributed by atoms with Crippen LogP contribution < -0.4 is 22.5 Å². The molecule has 4 saturated carbocycles. The minimum absolute atomic E-state index is 0.0368. The minimum atomic E-state index is -1.78. The van der Waals surface area contributed by atoms with E-state index in [0.717, 1.165) is 42.9 Å². The van der Waals surface area contributed by atoms with Crippen LogP contribution in [0.5, 0.6) is 0 Å². The highest BCUT2D eigenvalue weighted by Crippen LogP contribution is 2.67. The fraction of sp³-hybridized carbons (Fsp3) is 0.935. The van der Waals surface area contributed by atoms with Gasteiger partial charge >= 0.3 is 6.09 Å². The van der Waals surface area contributed by atoms with Gasteiger partial charge in [0.2, 0.25) is 0 Å². The Morgan fingerprint density at radius 2 is 1.48 bits per heavy atom. The average molecular weight is 897 g/mol. The van der Waals surface area contributed by atoms with Crippen LogP contribution in [0.15, 0.2) is 11.6 Å². The number of carbonyl (C=O) groups is 1. The molecule has 14 N–H and O–H groups in total. The zero-order valence-corrected chi connectivity index (χ0v) is 38.0. The number of amides is 1. The highest BCUT2D eigenvalue weighted by Gasteiger charge is 2.59. The topological polar surface area (TPSA) is 295 Å². The van der Waals surface area contributed by atoms with Gasteiger partial charge in [0.15, 0.2) is 12.6 Å². The Morgan fingerprint density at radius 3 is 2.14 bits per heavy atom. The van der Waals surface area contributed by atoms with Gasteiger partial charge in [-0.2, -0.15) is 0 Å². The van der Waals surface area contributed by atoms with E-state index in [2.05, 4.69) is 46.0 Å². The van der Waals surface area contributed by atoms with Gasteiger partial charge in [-0.15, -0.1) is 0 Å². The van der Waals surface area contributed by atoms with E-state index in [0.29, 0.717) is 23.7 Å². The summed E-state index contributed by atoms with van der Waals surface area (Å²) in [7, 11) is 0. The number of ether oxygens (including phenoxy) is 5. The van der Waals surface area contributed by atoms with E-state index in [9.17, 15) is 40.5 Å². The fourth-order valence-corrected chi connectivity index (χ4v) is 13.5. The van der Waals surface area contributed by atoms with Crippen molar-refractivity contribution in [1.82, 2.24) is 5.32 Å². The van der Waals surface area contributed by atoms with E-state index >= 15 is 0 Å². The molecular weight excluding hydrogens is 817 g/mol. The van der Waals surface area contributed by atoms with Crippen LogP contribution >= 0.6 is 0 Å². The van der Waals surface area contributed by atoms with Gasteiger partial charge in [0.05, 0.1) is 12.6 Å². The lowest BCUT2D eigenvalue weighted by Crippen LogP contribution is -2.68. The molecule has 23 unspecified atom stereocenters. The van der Waals surface area contributed by atoms with Crippen molar-refractivity contribution in [2.45, 2.75) is 210 Å². The van der Waals surface area contributed by atoms with Crippen LogP contribution in [0, 0.1) is 46.3 Å². The molecule has 23 atom stereocenters. The third-order valence-electron chi connectivity index (χ3n) is 17.2. The highest BCUT2D eigenvalue weighted by atomic mass is 16.7. The first-order valence-electron chi connectivity index (χ1n) is 24.0. The predicted molar refractivity (Wildman–Crippen MR) is 230 cm³/mol. The number of nitrogens with one attached hydrogen (secondary N) is 1. The van der Waals surface area contributed by atoms with Crippen LogP contribution in [0.3, 0.4) is 0 Å². The molecule has 0 radical (unpaired) electrons. The summed E-state index contributed by atoms with van der Waals surface area (Å²) in [5.74, 6) is 4.42. The van der Waals surface area contributed by atoms with Crippen molar-refractivity contribution in [3.63, 3.8) is 0 Å². The largest absolute Gasteiger partial charge is 0.446 e. The van der Waals surface area contributed by atoms with E-state index in [-0.39, 0.29) is 24.5 Å². The number of aliphatic hydroxyl groups excluding tert-OH is 7. The molecule has 2 aliphatic heterocycles. The Bertz CT molecular complexity index is 1580. The van der Waals surface area contributed by atoms with Gasteiger partial charge < -0.3 is 81.9 Å². The second-order valence-electron chi connectivity index (χ2n) is 21.5. The highest BCUT2D eigenvalue weighted by molar-refractivity contribution is 5.67. The lowest BCUT2D eigenvalue weighted by atomic mass is 9.47. The Kier molecular flexibility index (Phi) is 15.6. The molecule has 6 fully saturated rings. The summed E-state index contributed by atoms with van der Waals surface area (Å²) < 4.78 is 29.2. The van der Waals surface area contributed by atoms with Crippen LogP contribution in [0.4, 0.5) is 4.79 Å². The average Bonchev–Trinajstić information content (AvgIpc) is 3.60. The molecule has 2 saturated heterocycles. The predicted octanol–water partition coefficient (Wildman–Crippen LogP) is 0.886. The van der Waals surface area contributed by atoms with Gasteiger partial charge in [-0.05, 0) is 97.7 Å². The standard InChI is InChI=1S/C46H80N4O13/c1-21(2)7-6-8-22(3)26-11-12-27-25-10-9-23-17-24(13-15-45(23,4)28(25)14-16-46(26,27)5)59-44(58)50-19-31-35(53)37(55)38(56)43(60-31)63-41-30(48)18-29(47)40(39(41)57)62-42-36(54)33(49)34(52)32(20-51)61-42/h9,21-22,24-43,51-57H,6-8,10-20,47-49H2,1-5H3,(H,50,58). The van der Waals surface area contributed by atoms with Crippen molar-refractivity contribution in [2.24, 2.45) is 63.5 Å². The molecule has 63 heavy (non-hydrogen) atoms. The molecule has 1 amide bonds. The van der Waals surface area contributed by atoms with Crippen LogP contribution in [-0.2, 0) is 23.7 Å². The van der Waals surface area contributed by atoms with Crippen LogP contribution in [0.1, 0.15) is 112 Å². The van der Waals surface area contributed by atoms with Gasteiger partial charge in [-0.25, -0.2) is 4.79 Å². The van der Waals surface area contributed by atoms with Gasteiger partial charge in [-0.1, -0.05) is 65.5 Å². The smallest absolute Gasteiger partial charge is 0.407 e. The molecule has 0 aromatic carbocycles. The number of nitrogens with two attached hydrogens (primary N) is 3. The van der Waals surface area contributed by atoms with Gasteiger partial charge in [0, 0.05) is 25.0 Å². The van der Waals surface area contributed by atoms with Crippen molar-refractivity contribution < 1.29 is 64.2 Å². The first-order valence-corrected chi connectivity index (χ1v) is 24.0. The number of allylic oxidation sites excluding steroid dienone is 1.